The van der Waals surface area contributed by atoms with Crippen molar-refractivity contribution in [3.05, 3.63) is 54.1 Å². The number of hydrogen-bond acceptors (Lipinski definition) is 3. The molecule has 1 amide bonds. The van der Waals surface area contributed by atoms with Gasteiger partial charge in [-0.15, -0.1) is 0 Å². The van der Waals surface area contributed by atoms with Crippen LogP contribution in [0.25, 0.3) is 0 Å². The summed E-state index contributed by atoms with van der Waals surface area (Å²) >= 11 is 0. The molecule has 142 valence electrons. The van der Waals surface area contributed by atoms with E-state index in [1.807, 2.05) is 17.8 Å². The van der Waals surface area contributed by atoms with Crippen LogP contribution in [0.4, 0.5) is 0 Å². The molecule has 1 aromatic heterocycles. The van der Waals surface area contributed by atoms with Crippen molar-refractivity contribution >= 4 is 5.91 Å². The fourth-order valence-electron chi connectivity index (χ4n) is 5.72. The first-order valence-corrected chi connectivity index (χ1v) is 10.3. The average molecular weight is 364 g/mol. The summed E-state index contributed by atoms with van der Waals surface area (Å²) in [6.45, 7) is 2.86. The van der Waals surface area contributed by atoms with E-state index in [1.54, 1.807) is 6.20 Å². The standard InChI is InChI=1S/C22H28N4O/c1-24-11-10-23-21(24)22(27)25-13-16-12-18(15-25)20-9-5-8-19(26(20)14-16)17-6-3-2-4-7-17/h2-4,6-7,10-11,16,18-20H,5,8-9,12-15H2,1H3/t16-,18+,19+,20-/m0/s1. The lowest BCUT2D eigenvalue weighted by Crippen LogP contribution is -2.60. The van der Waals surface area contributed by atoms with Gasteiger partial charge in [0.2, 0.25) is 0 Å². The summed E-state index contributed by atoms with van der Waals surface area (Å²) in [6.07, 6.45) is 8.65. The van der Waals surface area contributed by atoms with Crippen molar-refractivity contribution in [3.8, 4) is 0 Å². The topological polar surface area (TPSA) is 41.4 Å². The number of nitrogens with zero attached hydrogens (tertiary/aromatic N) is 4. The fraction of sp³-hybridized carbons (Fsp3) is 0.545. The molecule has 0 radical (unpaired) electrons. The minimum atomic E-state index is 0.0982. The number of carbonyl (C=O) groups is 1. The van der Waals surface area contributed by atoms with Crippen LogP contribution in [0, 0.1) is 11.8 Å². The lowest BCUT2D eigenvalue weighted by atomic mass is 9.74. The predicted octanol–water partition coefficient (Wildman–Crippen LogP) is 3.11. The maximum atomic E-state index is 13.0. The number of amides is 1. The lowest BCUT2D eigenvalue weighted by molar-refractivity contribution is -0.0514. The summed E-state index contributed by atoms with van der Waals surface area (Å²) in [5, 5.41) is 0. The SMILES string of the molecule is Cn1ccnc1C(=O)N1C[C@@H]2C[C@H](C1)[C@@H]1CCC[C@H](c3ccccc3)N1C2. The zero-order valence-electron chi connectivity index (χ0n) is 16.0. The van der Waals surface area contributed by atoms with Crippen LogP contribution in [0.5, 0.6) is 0 Å². The number of aromatic nitrogens is 2. The van der Waals surface area contributed by atoms with Crippen LogP contribution in [-0.4, -0.2) is 50.9 Å². The van der Waals surface area contributed by atoms with Crippen LogP contribution < -0.4 is 0 Å². The van der Waals surface area contributed by atoms with Crippen LogP contribution >= 0.6 is 0 Å². The van der Waals surface area contributed by atoms with Crippen LogP contribution in [0.1, 0.15) is 47.9 Å². The minimum absolute atomic E-state index is 0.0982. The summed E-state index contributed by atoms with van der Waals surface area (Å²) in [7, 11) is 1.90. The van der Waals surface area contributed by atoms with E-state index in [0.717, 1.165) is 19.6 Å². The number of rotatable bonds is 2. The molecule has 0 saturated carbocycles. The van der Waals surface area contributed by atoms with Gasteiger partial charge in [-0.2, -0.15) is 0 Å². The van der Waals surface area contributed by atoms with Gasteiger partial charge < -0.3 is 9.47 Å². The Kier molecular flexibility index (Phi) is 4.27. The summed E-state index contributed by atoms with van der Waals surface area (Å²) in [4.78, 5) is 22.1. The molecule has 3 saturated heterocycles. The number of imidazole rings is 1. The molecule has 0 spiro atoms. The third-order valence-corrected chi connectivity index (χ3v) is 6.87. The van der Waals surface area contributed by atoms with E-state index >= 15 is 0 Å². The summed E-state index contributed by atoms with van der Waals surface area (Å²) < 4.78 is 1.84. The molecule has 3 aliphatic rings. The molecule has 3 fully saturated rings. The second-order valence-electron chi connectivity index (χ2n) is 8.56. The van der Waals surface area contributed by atoms with Crippen LogP contribution in [0.2, 0.25) is 0 Å². The molecule has 5 nitrogen and oxygen atoms in total. The second kappa shape index (κ2) is 6.79. The molecule has 5 heteroatoms. The number of hydrogen-bond donors (Lipinski definition) is 0. The highest BCUT2D eigenvalue weighted by Crippen LogP contribution is 2.44. The molecule has 4 heterocycles. The molecule has 27 heavy (non-hydrogen) atoms. The molecular weight excluding hydrogens is 336 g/mol. The van der Waals surface area contributed by atoms with Crippen LogP contribution in [0.15, 0.2) is 42.7 Å². The Balaban J connectivity index is 1.37. The summed E-state index contributed by atoms with van der Waals surface area (Å²) in [6, 6.07) is 12.2. The molecule has 0 N–H and O–H groups in total. The highest BCUT2D eigenvalue weighted by atomic mass is 16.2. The van der Waals surface area contributed by atoms with E-state index in [0.29, 0.717) is 29.7 Å². The lowest BCUT2D eigenvalue weighted by Gasteiger charge is -2.55. The third kappa shape index (κ3) is 2.98. The molecule has 2 aromatic rings. The van der Waals surface area contributed by atoms with Gasteiger partial charge in [0.15, 0.2) is 5.82 Å². The molecular formula is C22H28N4O. The number of benzene rings is 1. The zero-order chi connectivity index (χ0) is 18.4. The fourth-order valence-corrected chi connectivity index (χ4v) is 5.72. The minimum Gasteiger partial charge on any atom is -0.335 e. The van der Waals surface area contributed by atoms with Crippen molar-refractivity contribution in [1.29, 1.82) is 0 Å². The van der Waals surface area contributed by atoms with Gasteiger partial charge in [0.25, 0.3) is 5.91 Å². The van der Waals surface area contributed by atoms with Crippen molar-refractivity contribution in [3.63, 3.8) is 0 Å². The molecule has 2 bridgehead atoms. The normalized spacial score (nSPS) is 30.8. The summed E-state index contributed by atoms with van der Waals surface area (Å²) in [5.74, 6) is 1.83. The second-order valence-corrected chi connectivity index (χ2v) is 8.56. The van der Waals surface area contributed by atoms with E-state index in [4.69, 9.17) is 0 Å². The Morgan fingerprint density at radius 3 is 2.74 bits per heavy atom. The average Bonchev–Trinajstić information content (AvgIpc) is 3.13. The predicted molar refractivity (Wildman–Crippen MR) is 104 cm³/mol. The van der Waals surface area contributed by atoms with Gasteiger partial charge >= 0.3 is 0 Å². The number of aryl methyl sites for hydroxylation is 1. The maximum Gasteiger partial charge on any atom is 0.289 e. The first-order chi connectivity index (χ1) is 13.2. The Hall–Kier alpha value is -2.14. The highest BCUT2D eigenvalue weighted by molar-refractivity contribution is 5.90. The number of fused-ring (bicyclic) bond motifs is 4. The Bertz CT molecular complexity index is 817. The van der Waals surface area contributed by atoms with Gasteiger partial charge in [-0.25, -0.2) is 4.98 Å². The molecule has 3 aliphatic heterocycles. The van der Waals surface area contributed by atoms with Gasteiger partial charge in [-0.3, -0.25) is 9.69 Å². The quantitative estimate of drug-likeness (QED) is 0.822. The van der Waals surface area contributed by atoms with Crippen LogP contribution in [0.3, 0.4) is 0 Å². The van der Waals surface area contributed by atoms with Crippen molar-refractivity contribution in [2.75, 3.05) is 19.6 Å². The van der Waals surface area contributed by atoms with Crippen molar-refractivity contribution in [1.82, 2.24) is 19.4 Å². The molecule has 0 aliphatic carbocycles. The monoisotopic (exact) mass is 364 g/mol. The van der Waals surface area contributed by atoms with E-state index in [9.17, 15) is 4.79 Å². The van der Waals surface area contributed by atoms with E-state index in [1.165, 1.54) is 31.2 Å². The van der Waals surface area contributed by atoms with Gasteiger partial charge in [-0.05, 0) is 43.1 Å². The first kappa shape index (κ1) is 17.0. The van der Waals surface area contributed by atoms with Crippen molar-refractivity contribution in [2.45, 2.75) is 37.8 Å². The van der Waals surface area contributed by atoms with Gasteiger partial charge in [-0.1, -0.05) is 30.3 Å². The molecule has 0 unspecified atom stereocenters. The van der Waals surface area contributed by atoms with Gasteiger partial charge in [0.1, 0.15) is 0 Å². The van der Waals surface area contributed by atoms with Gasteiger partial charge in [0.05, 0.1) is 0 Å². The molecule has 5 rings (SSSR count). The number of carbonyl (C=O) groups excluding carboxylic acids is 1. The maximum absolute atomic E-state index is 13.0. The van der Waals surface area contributed by atoms with Gasteiger partial charge in [0, 0.05) is 51.2 Å². The first-order valence-electron chi connectivity index (χ1n) is 10.3. The van der Waals surface area contributed by atoms with E-state index in [-0.39, 0.29) is 5.91 Å². The van der Waals surface area contributed by atoms with Crippen molar-refractivity contribution < 1.29 is 4.79 Å². The smallest absolute Gasteiger partial charge is 0.289 e. The third-order valence-electron chi connectivity index (χ3n) is 6.87. The number of piperidine rings is 3. The highest BCUT2D eigenvalue weighted by Gasteiger charge is 2.46. The van der Waals surface area contributed by atoms with E-state index in [2.05, 4.69) is 45.1 Å². The van der Waals surface area contributed by atoms with Crippen molar-refractivity contribution in [2.24, 2.45) is 18.9 Å². The largest absolute Gasteiger partial charge is 0.335 e. The Labute approximate surface area is 161 Å². The molecule has 4 atom stereocenters. The number of likely N-dealkylation sites (tertiary alicyclic amines) is 1. The summed E-state index contributed by atoms with van der Waals surface area (Å²) in [5.41, 5.74) is 1.46. The Morgan fingerprint density at radius 1 is 1.11 bits per heavy atom. The van der Waals surface area contributed by atoms with Crippen LogP contribution in [-0.2, 0) is 7.05 Å². The molecule has 1 aromatic carbocycles. The zero-order valence-corrected chi connectivity index (χ0v) is 16.0. The Morgan fingerprint density at radius 2 is 1.96 bits per heavy atom. The van der Waals surface area contributed by atoms with E-state index < -0.39 is 0 Å².